The molecule has 3 aromatic carbocycles. The quantitative estimate of drug-likeness (QED) is 0.300. The first-order valence-corrected chi connectivity index (χ1v) is 11.2. The number of nitrogens with one attached hydrogen (secondary N) is 3. The Morgan fingerprint density at radius 3 is 2.22 bits per heavy atom. The number of hydrogen-bond donors (Lipinski definition) is 3. The van der Waals surface area contributed by atoms with Gasteiger partial charge >= 0.3 is 5.97 Å². The van der Waals surface area contributed by atoms with Crippen LogP contribution < -0.4 is 15.4 Å². The fourth-order valence-corrected chi connectivity index (χ4v) is 3.38. The third kappa shape index (κ3) is 6.15. The van der Waals surface area contributed by atoms with E-state index in [1.54, 1.807) is 48.5 Å². The van der Waals surface area contributed by atoms with Gasteiger partial charge in [-0.2, -0.15) is 5.10 Å². The number of amides is 2. The fraction of sp³-hybridized carbons (Fsp3) is 0.111. The molecule has 0 fully saturated rings. The molecule has 3 N–H and O–H groups in total. The lowest BCUT2D eigenvalue weighted by atomic mass is 10.1. The number of H-pyrrole nitrogens is 1. The highest BCUT2D eigenvalue weighted by Gasteiger charge is 2.18. The summed E-state index contributed by atoms with van der Waals surface area (Å²) in [7, 11) is 0. The molecular formula is C27H24N4O5. The van der Waals surface area contributed by atoms with Gasteiger partial charge in [-0.15, -0.1) is 0 Å². The van der Waals surface area contributed by atoms with Crippen LogP contribution in [0.15, 0.2) is 85.1 Å². The maximum Gasteiger partial charge on any atom is 0.342 e. The summed E-state index contributed by atoms with van der Waals surface area (Å²) < 4.78 is 10.5. The Labute approximate surface area is 207 Å². The molecule has 0 bridgehead atoms. The van der Waals surface area contributed by atoms with Crippen LogP contribution in [0.5, 0.6) is 5.75 Å². The SMILES string of the molecule is CCOc1ccc(NC(=O)c2ccc(NC(=O)COC(=O)c3cn[nH]c3-c3ccccc3)cc2)cc1. The van der Waals surface area contributed by atoms with E-state index in [1.807, 2.05) is 37.3 Å². The van der Waals surface area contributed by atoms with Crippen molar-refractivity contribution in [3.8, 4) is 17.0 Å². The summed E-state index contributed by atoms with van der Waals surface area (Å²) in [5.41, 5.74) is 3.04. The van der Waals surface area contributed by atoms with Gasteiger partial charge in [0.1, 0.15) is 11.3 Å². The fourth-order valence-electron chi connectivity index (χ4n) is 3.38. The van der Waals surface area contributed by atoms with Crippen LogP contribution in [-0.4, -0.2) is 41.2 Å². The van der Waals surface area contributed by atoms with Crippen molar-refractivity contribution in [2.45, 2.75) is 6.92 Å². The summed E-state index contributed by atoms with van der Waals surface area (Å²) in [6, 6.07) is 22.6. The van der Waals surface area contributed by atoms with Crippen LogP contribution in [0.25, 0.3) is 11.3 Å². The molecule has 0 radical (unpaired) electrons. The molecule has 1 aromatic heterocycles. The Morgan fingerprint density at radius 1 is 0.861 bits per heavy atom. The smallest absolute Gasteiger partial charge is 0.342 e. The number of rotatable bonds is 9. The third-order valence-corrected chi connectivity index (χ3v) is 5.11. The molecule has 0 atom stereocenters. The number of benzene rings is 3. The van der Waals surface area contributed by atoms with Crippen molar-refractivity contribution < 1.29 is 23.9 Å². The predicted octanol–water partition coefficient (Wildman–Crippen LogP) is 4.52. The Morgan fingerprint density at radius 2 is 1.53 bits per heavy atom. The van der Waals surface area contributed by atoms with Crippen molar-refractivity contribution in [3.05, 3.63) is 96.2 Å². The van der Waals surface area contributed by atoms with E-state index in [4.69, 9.17) is 9.47 Å². The van der Waals surface area contributed by atoms with Crippen molar-refractivity contribution in [2.24, 2.45) is 0 Å². The Balaban J connectivity index is 1.28. The van der Waals surface area contributed by atoms with Crippen LogP contribution >= 0.6 is 0 Å². The van der Waals surface area contributed by atoms with Crippen LogP contribution in [0.1, 0.15) is 27.6 Å². The molecule has 0 saturated carbocycles. The minimum Gasteiger partial charge on any atom is -0.494 e. The first kappa shape index (κ1) is 24.2. The lowest BCUT2D eigenvalue weighted by Gasteiger charge is -2.09. The zero-order valence-corrected chi connectivity index (χ0v) is 19.5. The second kappa shape index (κ2) is 11.5. The lowest BCUT2D eigenvalue weighted by molar-refractivity contribution is -0.119. The van der Waals surface area contributed by atoms with E-state index < -0.39 is 18.5 Å². The molecule has 0 aliphatic heterocycles. The largest absolute Gasteiger partial charge is 0.494 e. The van der Waals surface area contributed by atoms with E-state index >= 15 is 0 Å². The molecular weight excluding hydrogens is 460 g/mol. The highest BCUT2D eigenvalue weighted by atomic mass is 16.5. The molecule has 9 nitrogen and oxygen atoms in total. The highest BCUT2D eigenvalue weighted by Crippen LogP contribution is 2.21. The topological polar surface area (TPSA) is 122 Å². The molecule has 2 amide bonds. The normalized spacial score (nSPS) is 10.4. The number of hydrogen-bond acceptors (Lipinski definition) is 6. The standard InChI is InChI=1S/C27H24N4O5/c1-2-35-22-14-12-21(13-15-22)30-26(33)19-8-10-20(11-9-19)29-24(32)17-36-27(34)23-16-28-31-25(23)18-6-4-3-5-7-18/h3-16H,2,17H2,1H3,(H,28,31)(H,29,32)(H,30,33). The summed E-state index contributed by atoms with van der Waals surface area (Å²) in [5, 5.41) is 12.1. The number of carbonyl (C=O) groups is 3. The van der Waals surface area contributed by atoms with Gasteiger partial charge in [-0.3, -0.25) is 14.7 Å². The average molecular weight is 485 g/mol. The van der Waals surface area contributed by atoms with Gasteiger partial charge in [-0.05, 0) is 55.5 Å². The summed E-state index contributed by atoms with van der Waals surface area (Å²) in [6.45, 7) is 1.99. The summed E-state index contributed by atoms with van der Waals surface area (Å²) in [4.78, 5) is 37.2. The molecule has 36 heavy (non-hydrogen) atoms. The molecule has 4 aromatic rings. The first-order valence-electron chi connectivity index (χ1n) is 11.2. The van der Waals surface area contributed by atoms with Gasteiger partial charge in [0.05, 0.1) is 18.5 Å². The van der Waals surface area contributed by atoms with Crippen molar-refractivity contribution >= 4 is 29.2 Å². The second-order valence-electron chi connectivity index (χ2n) is 7.64. The number of nitrogens with zero attached hydrogens (tertiary/aromatic N) is 1. The molecule has 0 saturated heterocycles. The molecule has 0 aliphatic rings. The number of carbonyl (C=O) groups excluding carboxylic acids is 3. The number of ether oxygens (including phenoxy) is 2. The van der Waals surface area contributed by atoms with E-state index in [9.17, 15) is 14.4 Å². The van der Waals surface area contributed by atoms with Crippen LogP contribution in [0, 0.1) is 0 Å². The van der Waals surface area contributed by atoms with Crippen molar-refractivity contribution in [2.75, 3.05) is 23.8 Å². The monoisotopic (exact) mass is 484 g/mol. The van der Waals surface area contributed by atoms with Gasteiger partial charge in [-0.1, -0.05) is 30.3 Å². The number of aromatic nitrogens is 2. The van der Waals surface area contributed by atoms with Crippen molar-refractivity contribution in [3.63, 3.8) is 0 Å². The van der Waals surface area contributed by atoms with Gasteiger partial charge < -0.3 is 20.1 Å². The lowest BCUT2D eigenvalue weighted by Crippen LogP contribution is -2.21. The van der Waals surface area contributed by atoms with E-state index in [1.165, 1.54) is 6.20 Å². The summed E-state index contributed by atoms with van der Waals surface area (Å²) in [6.07, 6.45) is 1.36. The van der Waals surface area contributed by atoms with E-state index in [-0.39, 0.29) is 11.5 Å². The molecule has 0 unspecified atom stereocenters. The van der Waals surface area contributed by atoms with Crippen LogP contribution in [0.3, 0.4) is 0 Å². The van der Waals surface area contributed by atoms with E-state index in [2.05, 4.69) is 20.8 Å². The number of anilines is 2. The van der Waals surface area contributed by atoms with Crippen molar-refractivity contribution in [1.82, 2.24) is 10.2 Å². The molecule has 9 heteroatoms. The number of aromatic amines is 1. The zero-order chi connectivity index (χ0) is 25.3. The average Bonchev–Trinajstić information content (AvgIpc) is 3.40. The van der Waals surface area contributed by atoms with Gasteiger partial charge in [0, 0.05) is 22.5 Å². The van der Waals surface area contributed by atoms with Gasteiger partial charge in [0.15, 0.2) is 6.61 Å². The Kier molecular flexibility index (Phi) is 7.72. The minimum absolute atomic E-state index is 0.233. The number of esters is 1. The Hall–Kier alpha value is -4.92. The van der Waals surface area contributed by atoms with E-state index in [0.717, 1.165) is 11.3 Å². The molecule has 1 heterocycles. The first-order chi connectivity index (χ1) is 17.5. The zero-order valence-electron chi connectivity index (χ0n) is 19.5. The minimum atomic E-state index is -0.668. The van der Waals surface area contributed by atoms with Crippen LogP contribution in [0.4, 0.5) is 11.4 Å². The van der Waals surface area contributed by atoms with Crippen LogP contribution in [0.2, 0.25) is 0 Å². The summed E-state index contributed by atoms with van der Waals surface area (Å²) >= 11 is 0. The third-order valence-electron chi connectivity index (χ3n) is 5.11. The van der Waals surface area contributed by atoms with Crippen LogP contribution in [-0.2, 0) is 9.53 Å². The molecule has 0 aliphatic carbocycles. The van der Waals surface area contributed by atoms with Gasteiger partial charge in [-0.25, -0.2) is 4.79 Å². The predicted molar refractivity (Wildman–Crippen MR) is 135 cm³/mol. The second-order valence-corrected chi connectivity index (χ2v) is 7.64. The summed E-state index contributed by atoms with van der Waals surface area (Å²) in [5.74, 6) is -0.748. The van der Waals surface area contributed by atoms with Gasteiger partial charge in [0.25, 0.3) is 11.8 Å². The maximum atomic E-state index is 12.5. The Bertz CT molecular complexity index is 1330. The van der Waals surface area contributed by atoms with E-state index in [0.29, 0.717) is 29.2 Å². The molecule has 4 rings (SSSR count). The maximum absolute atomic E-state index is 12.5. The van der Waals surface area contributed by atoms with Crippen molar-refractivity contribution in [1.29, 1.82) is 0 Å². The van der Waals surface area contributed by atoms with Gasteiger partial charge in [0.2, 0.25) is 0 Å². The molecule has 0 spiro atoms. The molecule has 182 valence electrons. The highest BCUT2D eigenvalue weighted by molar-refractivity contribution is 6.05.